The zero-order valence-corrected chi connectivity index (χ0v) is 11.9. The number of benzene rings is 1. The quantitative estimate of drug-likeness (QED) is 0.939. The van der Waals surface area contributed by atoms with Gasteiger partial charge in [0.1, 0.15) is 0 Å². The molecule has 1 aromatic carbocycles. The fourth-order valence-corrected chi connectivity index (χ4v) is 3.59. The number of aromatic nitrogens is 1. The SMILES string of the molecule is O=C(O)Cc1sc(N2CCCC2)nc1-c1ccccc1. The molecule has 1 aliphatic rings. The van der Waals surface area contributed by atoms with Crippen LogP contribution < -0.4 is 4.90 Å². The molecule has 1 N–H and O–H groups in total. The number of carbonyl (C=O) groups is 1. The molecule has 1 aliphatic heterocycles. The summed E-state index contributed by atoms with van der Waals surface area (Å²) in [6, 6.07) is 9.82. The summed E-state index contributed by atoms with van der Waals surface area (Å²) in [6.45, 7) is 2.04. The lowest BCUT2D eigenvalue weighted by Gasteiger charge is -2.12. The Morgan fingerprint density at radius 2 is 1.95 bits per heavy atom. The van der Waals surface area contributed by atoms with Crippen LogP contribution in [-0.2, 0) is 11.2 Å². The molecule has 5 heteroatoms. The van der Waals surface area contributed by atoms with Crippen molar-refractivity contribution >= 4 is 22.4 Å². The molecule has 0 unspecified atom stereocenters. The van der Waals surface area contributed by atoms with Crippen LogP contribution >= 0.6 is 11.3 Å². The largest absolute Gasteiger partial charge is 0.481 e. The molecule has 0 bridgehead atoms. The van der Waals surface area contributed by atoms with E-state index in [1.165, 1.54) is 24.2 Å². The highest BCUT2D eigenvalue weighted by Gasteiger charge is 2.21. The zero-order chi connectivity index (χ0) is 13.9. The summed E-state index contributed by atoms with van der Waals surface area (Å²) in [5, 5.41) is 10.0. The predicted molar refractivity (Wildman–Crippen MR) is 80.3 cm³/mol. The molecule has 1 aromatic heterocycles. The van der Waals surface area contributed by atoms with Gasteiger partial charge in [-0.3, -0.25) is 4.79 Å². The van der Waals surface area contributed by atoms with E-state index in [1.807, 2.05) is 30.3 Å². The maximum atomic E-state index is 11.0. The minimum absolute atomic E-state index is 0.0374. The van der Waals surface area contributed by atoms with E-state index >= 15 is 0 Å². The van der Waals surface area contributed by atoms with Crippen molar-refractivity contribution in [3.63, 3.8) is 0 Å². The monoisotopic (exact) mass is 288 g/mol. The number of carboxylic acid groups (broad SMARTS) is 1. The Morgan fingerprint density at radius 1 is 1.25 bits per heavy atom. The molecule has 20 heavy (non-hydrogen) atoms. The van der Waals surface area contributed by atoms with Crippen molar-refractivity contribution in [3.8, 4) is 11.3 Å². The first-order valence-corrected chi connectivity index (χ1v) is 7.57. The molecule has 0 atom stereocenters. The first-order chi connectivity index (χ1) is 9.74. The summed E-state index contributed by atoms with van der Waals surface area (Å²) in [5.41, 5.74) is 1.81. The second-order valence-corrected chi connectivity index (χ2v) is 5.96. The van der Waals surface area contributed by atoms with E-state index in [2.05, 4.69) is 4.90 Å². The summed E-state index contributed by atoms with van der Waals surface area (Å²) in [7, 11) is 0. The third-order valence-corrected chi connectivity index (χ3v) is 4.54. The maximum absolute atomic E-state index is 11.0. The number of hydrogen-bond donors (Lipinski definition) is 1. The smallest absolute Gasteiger partial charge is 0.308 e. The lowest BCUT2D eigenvalue weighted by Crippen LogP contribution is -2.17. The van der Waals surface area contributed by atoms with Crippen LogP contribution in [0.3, 0.4) is 0 Å². The van der Waals surface area contributed by atoms with Gasteiger partial charge in [0.15, 0.2) is 5.13 Å². The summed E-state index contributed by atoms with van der Waals surface area (Å²) in [6.07, 6.45) is 2.42. The molecule has 2 heterocycles. The minimum Gasteiger partial charge on any atom is -0.481 e. The minimum atomic E-state index is -0.807. The van der Waals surface area contributed by atoms with Gasteiger partial charge in [-0.15, -0.1) is 11.3 Å². The van der Waals surface area contributed by atoms with Crippen molar-refractivity contribution in [2.75, 3.05) is 18.0 Å². The molecule has 0 spiro atoms. The van der Waals surface area contributed by atoms with Gasteiger partial charge in [0.25, 0.3) is 0 Å². The highest BCUT2D eigenvalue weighted by molar-refractivity contribution is 7.16. The van der Waals surface area contributed by atoms with Crippen LogP contribution in [0.5, 0.6) is 0 Å². The van der Waals surface area contributed by atoms with E-state index in [0.717, 1.165) is 34.4 Å². The predicted octanol–water partition coefficient (Wildman–Crippen LogP) is 3.04. The van der Waals surface area contributed by atoms with E-state index in [0.29, 0.717) is 0 Å². The van der Waals surface area contributed by atoms with Crippen molar-refractivity contribution in [1.29, 1.82) is 0 Å². The topological polar surface area (TPSA) is 53.4 Å². The number of nitrogens with zero attached hydrogens (tertiary/aromatic N) is 2. The van der Waals surface area contributed by atoms with E-state index in [4.69, 9.17) is 10.1 Å². The Bertz CT molecular complexity index is 604. The van der Waals surface area contributed by atoms with E-state index in [1.54, 1.807) is 0 Å². The van der Waals surface area contributed by atoms with Gasteiger partial charge in [-0.25, -0.2) is 4.98 Å². The molecule has 2 aromatic rings. The number of thiazole rings is 1. The van der Waals surface area contributed by atoms with Crippen molar-refractivity contribution in [3.05, 3.63) is 35.2 Å². The fourth-order valence-electron chi connectivity index (χ4n) is 2.46. The van der Waals surface area contributed by atoms with Gasteiger partial charge in [0, 0.05) is 23.5 Å². The molecule has 0 radical (unpaired) electrons. The van der Waals surface area contributed by atoms with Gasteiger partial charge < -0.3 is 10.0 Å². The Hall–Kier alpha value is -1.88. The van der Waals surface area contributed by atoms with Crippen LogP contribution in [0.25, 0.3) is 11.3 Å². The maximum Gasteiger partial charge on any atom is 0.308 e. The average Bonchev–Trinajstić information content (AvgIpc) is 3.08. The second kappa shape index (κ2) is 5.63. The lowest BCUT2D eigenvalue weighted by atomic mass is 10.1. The van der Waals surface area contributed by atoms with Gasteiger partial charge in [-0.1, -0.05) is 30.3 Å². The summed E-state index contributed by atoms with van der Waals surface area (Å²) >= 11 is 1.51. The first kappa shape index (κ1) is 13.1. The third-order valence-electron chi connectivity index (χ3n) is 3.42. The molecular weight excluding hydrogens is 272 g/mol. The summed E-state index contributed by atoms with van der Waals surface area (Å²) < 4.78 is 0. The molecule has 104 valence electrons. The summed E-state index contributed by atoms with van der Waals surface area (Å²) in [5.74, 6) is -0.807. The van der Waals surface area contributed by atoms with Crippen molar-refractivity contribution in [2.45, 2.75) is 19.3 Å². The highest BCUT2D eigenvalue weighted by atomic mass is 32.1. The number of rotatable bonds is 4. The Morgan fingerprint density at radius 3 is 2.60 bits per heavy atom. The van der Waals surface area contributed by atoms with E-state index < -0.39 is 5.97 Å². The normalized spacial score (nSPS) is 14.7. The Balaban J connectivity index is 1.99. The average molecular weight is 288 g/mol. The second-order valence-electron chi connectivity index (χ2n) is 4.90. The van der Waals surface area contributed by atoms with Crippen LogP contribution in [0.2, 0.25) is 0 Å². The van der Waals surface area contributed by atoms with Crippen molar-refractivity contribution in [1.82, 2.24) is 4.98 Å². The van der Waals surface area contributed by atoms with E-state index in [9.17, 15) is 4.79 Å². The van der Waals surface area contributed by atoms with Crippen LogP contribution in [-0.4, -0.2) is 29.1 Å². The van der Waals surface area contributed by atoms with Crippen LogP contribution in [0.15, 0.2) is 30.3 Å². The van der Waals surface area contributed by atoms with Crippen LogP contribution in [0.4, 0.5) is 5.13 Å². The number of anilines is 1. The molecule has 1 fully saturated rings. The van der Waals surface area contributed by atoms with Gasteiger partial charge in [-0.2, -0.15) is 0 Å². The third kappa shape index (κ3) is 2.67. The molecule has 1 saturated heterocycles. The Kier molecular flexibility index (Phi) is 3.69. The Labute approximate surface area is 121 Å². The van der Waals surface area contributed by atoms with Crippen molar-refractivity contribution in [2.24, 2.45) is 0 Å². The van der Waals surface area contributed by atoms with Gasteiger partial charge in [0.2, 0.25) is 0 Å². The number of aliphatic carboxylic acids is 1. The van der Waals surface area contributed by atoms with Crippen LogP contribution in [0, 0.1) is 0 Å². The molecule has 0 saturated carbocycles. The molecule has 0 aliphatic carbocycles. The first-order valence-electron chi connectivity index (χ1n) is 6.76. The number of hydrogen-bond acceptors (Lipinski definition) is 4. The van der Waals surface area contributed by atoms with E-state index in [-0.39, 0.29) is 6.42 Å². The van der Waals surface area contributed by atoms with Crippen molar-refractivity contribution < 1.29 is 9.90 Å². The van der Waals surface area contributed by atoms with Gasteiger partial charge in [-0.05, 0) is 12.8 Å². The zero-order valence-electron chi connectivity index (χ0n) is 11.1. The summed E-state index contributed by atoms with van der Waals surface area (Å²) in [4.78, 5) is 18.8. The molecule has 0 amide bonds. The standard InChI is InChI=1S/C15H16N2O2S/c18-13(19)10-12-14(11-6-2-1-3-7-11)16-15(20-12)17-8-4-5-9-17/h1-3,6-7H,4-5,8-10H2,(H,18,19). The lowest BCUT2D eigenvalue weighted by molar-refractivity contribution is -0.136. The molecule has 3 rings (SSSR count). The molecular formula is C15H16N2O2S. The number of carboxylic acids is 1. The van der Waals surface area contributed by atoms with Gasteiger partial charge >= 0.3 is 5.97 Å². The fraction of sp³-hybridized carbons (Fsp3) is 0.333. The van der Waals surface area contributed by atoms with Gasteiger partial charge in [0.05, 0.1) is 12.1 Å². The highest BCUT2D eigenvalue weighted by Crippen LogP contribution is 2.34. The molecule has 4 nitrogen and oxygen atoms in total. The van der Waals surface area contributed by atoms with Crippen LogP contribution in [0.1, 0.15) is 17.7 Å².